The maximum absolute atomic E-state index is 12.1. The lowest BCUT2D eigenvalue weighted by Gasteiger charge is -2.13. The van der Waals surface area contributed by atoms with Crippen LogP contribution in [0.25, 0.3) is 0 Å². The van der Waals surface area contributed by atoms with Crippen LogP contribution in [0.5, 0.6) is 5.75 Å². The van der Waals surface area contributed by atoms with Crippen molar-refractivity contribution in [2.75, 3.05) is 13.7 Å². The molecule has 0 radical (unpaired) electrons. The summed E-state index contributed by atoms with van der Waals surface area (Å²) in [5.41, 5.74) is 1.23. The van der Waals surface area contributed by atoms with E-state index < -0.39 is 6.10 Å². The number of methoxy groups -OCH3 is 1. The molecule has 0 aromatic heterocycles. The minimum atomic E-state index is -0.727. The van der Waals surface area contributed by atoms with Gasteiger partial charge in [0.15, 0.2) is 0 Å². The number of amides is 1. The molecule has 1 unspecified atom stereocenters. The van der Waals surface area contributed by atoms with Gasteiger partial charge in [-0.3, -0.25) is 4.79 Å². The van der Waals surface area contributed by atoms with Crippen LogP contribution >= 0.6 is 0 Å². The molecule has 2 aromatic rings. The molecule has 2 aromatic carbocycles. The first-order valence-corrected chi connectivity index (χ1v) is 6.36. The molecule has 0 saturated carbocycles. The van der Waals surface area contributed by atoms with Crippen LogP contribution in [0.3, 0.4) is 0 Å². The number of aliphatic hydroxyl groups excluding tert-OH is 1. The summed E-state index contributed by atoms with van der Waals surface area (Å²) in [5.74, 6) is 0.247. The number of hydrogen-bond donors (Lipinski definition) is 2. The molecule has 0 fully saturated rings. The fraction of sp³-hybridized carbons (Fsp3) is 0.188. The van der Waals surface area contributed by atoms with Gasteiger partial charge in [0, 0.05) is 6.54 Å². The number of carbonyl (C=O) groups excluding carboxylic acids is 1. The predicted octanol–water partition coefficient (Wildman–Crippen LogP) is 2.16. The Hall–Kier alpha value is -2.33. The van der Waals surface area contributed by atoms with E-state index in [1.807, 2.05) is 30.3 Å². The Bertz CT molecular complexity index is 569. The molecule has 2 rings (SSSR count). The summed E-state index contributed by atoms with van der Waals surface area (Å²) in [6.07, 6.45) is -0.727. The molecular formula is C16H17NO3. The second-order valence-corrected chi connectivity index (χ2v) is 4.34. The average Bonchev–Trinajstić information content (AvgIpc) is 2.53. The molecule has 4 nitrogen and oxygen atoms in total. The first-order valence-electron chi connectivity index (χ1n) is 6.36. The van der Waals surface area contributed by atoms with E-state index in [1.54, 1.807) is 24.3 Å². The van der Waals surface area contributed by atoms with Gasteiger partial charge < -0.3 is 15.2 Å². The number of aliphatic hydroxyl groups is 1. The van der Waals surface area contributed by atoms with Crippen molar-refractivity contribution in [3.05, 3.63) is 65.7 Å². The lowest BCUT2D eigenvalue weighted by molar-refractivity contribution is 0.0913. The highest BCUT2D eigenvalue weighted by Gasteiger charge is 2.13. The molecule has 0 saturated heterocycles. The minimum Gasteiger partial charge on any atom is -0.496 e. The van der Waals surface area contributed by atoms with Crippen molar-refractivity contribution in [3.63, 3.8) is 0 Å². The van der Waals surface area contributed by atoms with E-state index in [0.29, 0.717) is 11.3 Å². The van der Waals surface area contributed by atoms with E-state index in [1.165, 1.54) is 7.11 Å². The molecule has 20 heavy (non-hydrogen) atoms. The minimum absolute atomic E-state index is 0.154. The molecule has 0 heterocycles. The predicted molar refractivity (Wildman–Crippen MR) is 76.7 cm³/mol. The van der Waals surface area contributed by atoms with Crippen LogP contribution in [0.4, 0.5) is 0 Å². The third kappa shape index (κ3) is 3.36. The van der Waals surface area contributed by atoms with Crippen LogP contribution in [-0.4, -0.2) is 24.7 Å². The quantitative estimate of drug-likeness (QED) is 0.876. The Balaban J connectivity index is 1.99. The Morgan fingerprint density at radius 1 is 1.15 bits per heavy atom. The summed E-state index contributed by atoms with van der Waals surface area (Å²) in [6, 6.07) is 16.2. The highest BCUT2D eigenvalue weighted by molar-refractivity contribution is 5.96. The summed E-state index contributed by atoms with van der Waals surface area (Å²) in [6.45, 7) is 0.154. The SMILES string of the molecule is COc1ccccc1C(=O)NCC(O)c1ccccc1. The second kappa shape index (κ2) is 6.73. The van der Waals surface area contributed by atoms with E-state index in [4.69, 9.17) is 4.74 Å². The smallest absolute Gasteiger partial charge is 0.255 e. The lowest BCUT2D eigenvalue weighted by atomic mass is 10.1. The molecule has 0 aliphatic heterocycles. The van der Waals surface area contributed by atoms with Crippen LogP contribution in [0, 0.1) is 0 Å². The van der Waals surface area contributed by atoms with Gasteiger partial charge in [0.2, 0.25) is 0 Å². The number of hydrogen-bond acceptors (Lipinski definition) is 3. The van der Waals surface area contributed by atoms with Crippen molar-refractivity contribution in [2.45, 2.75) is 6.10 Å². The lowest BCUT2D eigenvalue weighted by Crippen LogP contribution is -2.28. The normalized spacial score (nSPS) is 11.7. The van der Waals surface area contributed by atoms with Gasteiger partial charge in [-0.25, -0.2) is 0 Å². The largest absolute Gasteiger partial charge is 0.496 e. The molecular weight excluding hydrogens is 254 g/mol. The molecule has 4 heteroatoms. The van der Waals surface area contributed by atoms with Gasteiger partial charge in [0.1, 0.15) is 5.75 Å². The van der Waals surface area contributed by atoms with E-state index in [9.17, 15) is 9.90 Å². The van der Waals surface area contributed by atoms with Gasteiger partial charge in [-0.05, 0) is 17.7 Å². The van der Waals surface area contributed by atoms with Gasteiger partial charge in [0.25, 0.3) is 5.91 Å². The zero-order valence-corrected chi connectivity index (χ0v) is 11.2. The fourth-order valence-electron chi connectivity index (χ4n) is 1.91. The van der Waals surface area contributed by atoms with E-state index in [-0.39, 0.29) is 12.5 Å². The Labute approximate surface area is 118 Å². The highest BCUT2D eigenvalue weighted by Crippen LogP contribution is 2.17. The highest BCUT2D eigenvalue weighted by atomic mass is 16.5. The van der Waals surface area contributed by atoms with Crippen LogP contribution in [0.15, 0.2) is 54.6 Å². The van der Waals surface area contributed by atoms with Gasteiger partial charge in [-0.15, -0.1) is 0 Å². The third-order valence-corrected chi connectivity index (χ3v) is 2.99. The maximum Gasteiger partial charge on any atom is 0.255 e. The summed E-state index contributed by atoms with van der Waals surface area (Å²) < 4.78 is 5.13. The number of rotatable bonds is 5. The Morgan fingerprint density at radius 3 is 2.50 bits per heavy atom. The van der Waals surface area contributed by atoms with Gasteiger partial charge >= 0.3 is 0 Å². The van der Waals surface area contributed by atoms with E-state index in [2.05, 4.69) is 5.32 Å². The van der Waals surface area contributed by atoms with Gasteiger partial charge in [0.05, 0.1) is 18.8 Å². The Kier molecular flexibility index (Phi) is 4.74. The summed E-state index contributed by atoms with van der Waals surface area (Å²) in [4.78, 5) is 12.1. The number of ether oxygens (including phenoxy) is 1. The van der Waals surface area contributed by atoms with Crippen LogP contribution in [-0.2, 0) is 0 Å². The molecule has 0 spiro atoms. The summed E-state index contributed by atoms with van der Waals surface area (Å²) in [7, 11) is 1.52. The zero-order chi connectivity index (χ0) is 14.4. The average molecular weight is 271 g/mol. The van der Waals surface area contributed by atoms with Crippen molar-refractivity contribution in [3.8, 4) is 5.75 Å². The first kappa shape index (κ1) is 14.1. The van der Waals surface area contributed by atoms with Crippen LogP contribution < -0.4 is 10.1 Å². The monoisotopic (exact) mass is 271 g/mol. The topological polar surface area (TPSA) is 58.6 Å². The van der Waals surface area contributed by atoms with Crippen molar-refractivity contribution < 1.29 is 14.6 Å². The van der Waals surface area contributed by atoms with Crippen LogP contribution in [0.2, 0.25) is 0 Å². The molecule has 0 aliphatic rings. The van der Waals surface area contributed by atoms with Crippen LogP contribution in [0.1, 0.15) is 22.0 Å². The molecule has 1 atom stereocenters. The third-order valence-electron chi connectivity index (χ3n) is 2.99. The molecule has 104 valence electrons. The molecule has 0 bridgehead atoms. The van der Waals surface area contributed by atoms with Gasteiger partial charge in [-0.1, -0.05) is 42.5 Å². The van der Waals surface area contributed by atoms with E-state index in [0.717, 1.165) is 5.56 Å². The van der Waals surface area contributed by atoms with E-state index >= 15 is 0 Å². The second-order valence-electron chi connectivity index (χ2n) is 4.34. The maximum atomic E-state index is 12.1. The molecule has 2 N–H and O–H groups in total. The number of carbonyl (C=O) groups is 1. The Morgan fingerprint density at radius 2 is 1.80 bits per heavy atom. The standard InChI is InChI=1S/C16H17NO3/c1-20-15-10-6-5-9-13(15)16(19)17-11-14(18)12-7-3-2-4-8-12/h2-10,14,18H,11H2,1H3,(H,17,19). The number of para-hydroxylation sites is 1. The van der Waals surface area contributed by atoms with Gasteiger partial charge in [-0.2, -0.15) is 0 Å². The van der Waals surface area contributed by atoms with Crippen molar-refractivity contribution >= 4 is 5.91 Å². The zero-order valence-electron chi connectivity index (χ0n) is 11.2. The van der Waals surface area contributed by atoms with Crippen molar-refractivity contribution in [1.82, 2.24) is 5.32 Å². The fourth-order valence-corrected chi connectivity index (χ4v) is 1.91. The summed E-state index contributed by atoms with van der Waals surface area (Å²) in [5, 5.41) is 12.7. The van der Waals surface area contributed by atoms with Crippen molar-refractivity contribution in [2.24, 2.45) is 0 Å². The number of nitrogens with one attached hydrogen (secondary N) is 1. The first-order chi connectivity index (χ1) is 9.72. The molecule has 1 amide bonds. The van der Waals surface area contributed by atoms with Crippen molar-refractivity contribution in [1.29, 1.82) is 0 Å². The summed E-state index contributed by atoms with van der Waals surface area (Å²) >= 11 is 0. The number of benzene rings is 2. The molecule has 0 aliphatic carbocycles.